The molecule has 0 saturated heterocycles. The van der Waals surface area contributed by atoms with Gasteiger partial charge in [0.05, 0.1) is 6.42 Å². The van der Waals surface area contributed by atoms with Gasteiger partial charge in [-0.15, -0.1) is 0 Å². The van der Waals surface area contributed by atoms with Crippen LogP contribution in [0.4, 0.5) is 10.1 Å². The second-order valence-electron chi connectivity index (χ2n) is 5.98. The zero-order valence-corrected chi connectivity index (χ0v) is 13.5. The Bertz CT molecular complexity index is 789. The molecule has 0 aromatic heterocycles. The highest BCUT2D eigenvalue weighted by atomic mass is 19.1. The molecule has 0 fully saturated rings. The summed E-state index contributed by atoms with van der Waals surface area (Å²) in [6.07, 6.45) is 1.05. The summed E-state index contributed by atoms with van der Waals surface area (Å²) < 4.78 is 17.6. The molecular weight excluding hydrogens is 325 g/mol. The van der Waals surface area contributed by atoms with Gasteiger partial charge in [0.1, 0.15) is 5.75 Å². The predicted octanol–water partition coefficient (Wildman–Crippen LogP) is 3.12. The monoisotopic (exact) mass is 343 g/mol. The minimum absolute atomic E-state index is 0.0951. The van der Waals surface area contributed by atoms with E-state index in [1.165, 1.54) is 23.3 Å². The predicted molar refractivity (Wildman–Crippen MR) is 90.4 cm³/mol. The maximum atomic E-state index is 13.0. The van der Waals surface area contributed by atoms with Crippen LogP contribution in [0.5, 0.6) is 5.75 Å². The number of anilines is 1. The van der Waals surface area contributed by atoms with Crippen LogP contribution in [0.3, 0.4) is 0 Å². The first-order valence-corrected chi connectivity index (χ1v) is 8.05. The van der Waals surface area contributed by atoms with E-state index in [9.17, 15) is 14.0 Å². The van der Waals surface area contributed by atoms with Gasteiger partial charge in [0, 0.05) is 5.69 Å². The molecule has 0 heterocycles. The molecular formula is C19H18FNO4. The summed E-state index contributed by atoms with van der Waals surface area (Å²) >= 11 is 0. The van der Waals surface area contributed by atoms with E-state index in [0.29, 0.717) is 0 Å². The Labute approximate surface area is 144 Å². The molecule has 6 heteroatoms. The number of aliphatic carboxylic acids is 1. The Balaban J connectivity index is 1.56. The number of nitrogens with one attached hydrogen (secondary N) is 1. The quantitative estimate of drug-likeness (QED) is 0.845. The van der Waals surface area contributed by atoms with Crippen molar-refractivity contribution >= 4 is 17.6 Å². The highest BCUT2D eigenvalue weighted by molar-refractivity contribution is 5.92. The number of hydrogen-bond acceptors (Lipinski definition) is 3. The van der Waals surface area contributed by atoms with Gasteiger partial charge < -0.3 is 15.2 Å². The van der Waals surface area contributed by atoms with Crippen molar-refractivity contribution in [1.82, 2.24) is 0 Å². The van der Waals surface area contributed by atoms with Gasteiger partial charge in [-0.1, -0.05) is 18.2 Å². The van der Waals surface area contributed by atoms with E-state index in [-0.39, 0.29) is 18.1 Å². The summed E-state index contributed by atoms with van der Waals surface area (Å²) in [6.45, 7) is 0. The minimum Gasteiger partial charge on any atom is -0.476 e. The third kappa shape index (κ3) is 4.35. The van der Waals surface area contributed by atoms with Crippen LogP contribution in [0.15, 0.2) is 42.5 Å². The molecule has 0 aliphatic heterocycles. The lowest BCUT2D eigenvalue weighted by Gasteiger charge is -2.09. The van der Waals surface area contributed by atoms with Crippen molar-refractivity contribution < 1.29 is 23.8 Å². The Morgan fingerprint density at radius 2 is 1.84 bits per heavy atom. The molecule has 2 aromatic carbocycles. The number of rotatable bonds is 6. The molecule has 1 aliphatic rings. The zero-order chi connectivity index (χ0) is 17.8. The van der Waals surface area contributed by atoms with Crippen LogP contribution in [0.2, 0.25) is 0 Å². The lowest BCUT2D eigenvalue weighted by Crippen LogP contribution is -2.21. The highest BCUT2D eigenvalue weighted by Gasteiger charge is 2.17. The lowest BCUT2D eigenvalue weighted by molar-refractivity contribution is -0.153. The topological polar surface area (TPSA) is 75.6 Å². The summed E-state index contributed by atoms with van der Waals surface area (Å²) in [7, 11) is 0. The van der Waals surface area contributed by atoms with Crippen LogP contribution in [0.1, 0.15) is 23.1 Å². The fourth-order valence-corrected chi connectivity index (χ4v) is 2.90. The molecule has 2 N–H and O–H groups in total. The van der Waals surface area contributed by atoms with Gasteiger partial charge >= 0.3 is 12.3 Å². The summed E-state index contributed by atoms with van der Waals surface area (Å²) in [5, 5.41) is 11.3. The molecule has 0 bridgehead atoms. The van der Waals surface area contributed by atoms with E-state index in [4.69, 9.17) is 5.11 Å². The van der Waals surface area contributed by atoms with Gasteiger partial charge in [0.2, 0.25) is 5.91 Å². The summed E-state index contributed by atoms with van der Waals surface area (Å²) in [5.41, 5.74) is 4.14. The number of fused-ring (bicyclic) bond motifs is 1. The molecule has 130 valence electrons. The molecule has 1 amide bonds. The summed E-state index contributed by atoms with van der Waals surface area (Å²) in [5.74, 6) is -1.74. The number of halogens is 1. The molecule has 3 rings (SSSR count). The maximum absolute atomic E-state index is 13.0. The molecule has 2 aromatic rings. The molecule has 25 heavy (non-hydrogen) atoms. The molecule has 1 atom stereocenters. The van der Waals surface area contributed by atoms with E-state index in [2.05, 4.69) is 16.1 Å². The van der Waals surface area contributed by atoms with Gasteiger partial charge in [0.25, 0.3) is 0 Å². The largest absolute Gasteiger partial charge is 0.476 e. The number of carboxylic acids is 1. The minimum atomic E-state index is -2.41. The third-order valence-electron chi connectivity index (χ3n) is 4.10. The van der Waals surface area contributed by atoms with Gasteiger partial charge in [-0.2, -0.15) is 4.39 Å². The van der Waals surface area contributed by atoms with Crippen LogP contribution in [0.25, 0.3) is 0 Å². The summed E-state index contributed by atoms with van der Waals surface area (Å²) in [6, 6.07) is 12.1. The molecule has 0 saturated carbocycles. The molecule has 1 aliphatic carbocycles. The van der Waals surface area contributed by atoms with Crippen LogP contribution in [-0.4, -0.2) is 23.3 Å². The number of ether oxygens (including phenoxy) is 1. The maximum Gasteiger partial charge on any atom is 0.378 e. The normalized spacial score (nSPS) is 13.8. The van der Waals surface area contributed by atoms with Crippen molar-refractivity contribution in [2.45, 2.75) is 32.0 Å². The summed E-state index contributed by atoms with van der Waals surface area (Å²) in [4.78, 5) is 22.6. The first-order chi connectivity index (χ1) is 12.0. The first kappa shape index (κ1) is 17.0. The molecule has 5 nitrogen and oxygen atoms in total. The fraction of sp³-hybridized carbons (Fsp3) is 0.263. The SMILES string of the molecule is O=C(Cc1ccc(OC(F)C(=O)O)cc1)Nc1ccc2c(c1)CCC2. The standard InChI is InChI=1S/C19H18FNO4/c20-18(19(23)24)25-16-8-4-12(5-9-16)10-17(22)21-15-7-6-13-2-1-3-14(13)11-15/h4-9,11,18H,1-3,10H2,(H,21,22)(H,23,24). The van der Waals surface area contributed by atoms with Crippen LogP contribution in [-0.2, 0) is 28.9 Å². The van der Waals surface area contributed by atoms with E-state index >= 15 is 0 Å². The van der Waals surface area contributed by atoms with Gasteiger partial charge in [0.15, 0.2) is 0 Å². The van der Waals surface area contributed by atoms with E-state index < -0.39 is 12.3 Å². The average molecular weight is 343 g/mol. The van der Waals surface area contributed by atoms with Crippen LogP contribution < -0.4 is 10.1 Å². The zero-order valence-electron chi connectivity index (χ0n) is 13.5. The van der Waals surface area contributed by atoms with Gasteiger partial charge in [-0.3, -0.25) is 4.79 Å². The average Bonchev–Trinajstić information content (AvgIpc) is 3.04. The number of carbonyl (C=O) groups excluding carboxylic acids is 1. The highest BCUT2D eigenvalue weighted by Crippen LogP contribution is 2.25. The van der Waals surface area contributed by atoms with Crippen molar-refractivity contribution in [2.75, 3.05) is 5.32 Å². The Hall–Kier alpha value is -2.89. The Morgan fingerprint density at radius 1 is 1.12 bits per heavy atom. The molecule has 0 radical (unpaired) electrons. The van der Waals surface area contributed by atoms with E-state index in [1.54, 1.807) is 12.1 Å². The molecule has 1 unspecified atom stereocenters. The second kappa shape index (κ2) is 7.34. The number of hydrogen-bond donors (Lipinski definition) is 2. The number of amides is 1. The molecule has 0 spiro atoms. The number of benzene rings is 2. The fourth-order valence-electron chi connectivity index (χ4n) is 2.90. The Morgan fingerprint density at radius 3 is 2.56 bits per heavy atom. The smallest absolute Gasteiger partial charge is 0.378 e. The van der Waals surface area contributed by atoms with Crippen molar-refractivity contribution in [2.24, 2.45) is 0 Å². The van der Waals surface area contributed by atoms with Crippen molar-refractivity contribution in [3.8, 4) is 5.75 Å². The third-order valence-corrected chi connectivity index (χ3v) is 4.10. The lowest BCUT2D eigenvalue weighted by atomic mass is 10.1. The van der Waals surface area contributed by atoms with Crippen molar-refractivity contribution in [3.05, 3.63) is 59.2 Å². The van der Waals surface area contributed by atoms with Gasteiger partial charge in [-0.05, 0) is 60.2 Å². The number of carbonyl (C=O) groups is 2. The number of aryl methyl sites for hydroxylation is 2. The number of alkyl halides is 1. The van der Waals surface area contributed by atoms with Crippen molar-refractivity contribution in [3.63, 3.8) is 0 Å². The number of carboxylic acid groups (broad SMARTS) is 1. The van der Waals surface area contributed by atoms with Crippen LogP contribution >= 0.6 is 0 Å². The van der Waals surface area contributed by atoms with Crippen LogP contribution in [0, 0.1) is 0 Å². The first-order valence-electron chi connectivity index (χ1n) is 8.05. The van der Waals surface area contributed by atoms with Crippen molar-refractivity contribution in [1.29, 1.82) is 0 Å². The Kier molecular flexibility index (Phi) is 4.97. The van der Waals surface area contributed by atoms with E-state index in [0.717, 1.165) is 30.5 Å². The van der Waals surface area contributed by atoms with E-state index in [1.807, 2.05) is 12.1 Å². The second-order valence-corrected chi connectivity index (χ2v) is 5.98. The van der Waals surface area contributed by atoms with Gasteiger partial charge in [-0.25, -0.2) is 4.79 Å².